The highest BCUT2D eigenvalue weighted by Crippen LogP contribution is 2.20. The van der Waals surface area contributed by atoms with Gasteiger partial charge < -0.3 is 10.1 Å². The van der Waals surface area contributed by atoms with Crippen molar-refractivity contribution in [3.8, 4) is 5.88 Å². The van der Waals surface area contributed by atoms with E-state index in [0.717, 1.165) is 24.2 Å². The van der Waals surface area contributed by atoms with Crippen LogP contribution in [-0.4, -0.2) is 17.1 Å². The number of nitrogens with zero attached hydrogens (tertiary/aromatic N) is 1. The van der Waals surface area contributed by atoms with E-state index in [9.17, 15) is 0 Å². The van der Waals surface area contributed by atoms with Gasteiger partial charge in [0.15, 0.2) is 0 Å². The molecule has 0 saturated carbocycles. The standard InChI is InChI=1S/C18H30N2O/c1-13(2)8-9-21-17-11-15(12-19-18(5,6)7)10-16(20-17)14(3)4/h10-11,14,19H,1,8-9,12H2,2-7H3. The molecule has 0 aromatic carbocycles. The molecule has 3 heteroatoms. The van der Waals surface area contributed by atoms with Gasteiger partial charge in [0.2, 0.25) is 5.88 Å². The quantitative estimate of drug-likeness (QED) is 0.754. The van der Waals surface area contributed by atoms with Crippen LogP contribution >= 0.6 is 0 Å². The Morgan fingerprint density at radius 1 is 1.33 bits per heavy atom. The molecule has 0 aliphatic heterocycles. The van der Waals surface area contributed by atoms with E-state index in [1.165, 1.54) is 5.56 Å². The maximum atomic E-state index is 5.78. The smallest absolute Gasteiger partial charge is 0.213 e. The SMILES string of the molecule is C=C(C)CCOc1cc(CNC(C)(C)C)cc(C(C)C)n1. The molecule has 0 aliphatic rings. The first-order valence-corrected chi connectivity index (χ1v) is 7.70. The fourth-order valence-electron chi connectivity index (χ4n) is 1.75. The van der Waals surface area contributed by atoms with Crippen LogP contribution in [0.2, 0.25) is 0 Å². The molecule has 0 radical (unpaired) electrons. The second-order valence-electron chi connectivity index (χ2n) is 7.05. The molecule has 21 heavy (non-hydrogen) atoms. The molecule has 3 nitrogen and oxygen atoms in total. The van der Waals surface area contributed by atoms with Gasteiger partial charge in [-0.05, 0) is 45.2 Å². The third kappa shape index (κ3) is 7.28. The van der Waals surface area contributed by atoms with Crippen molar-refractivity contribution in [2.24, 2.45) is 0 Å². The highest BCUT2D eigenvalue weighted by molar-refractivity contribution is 5.27. The summed E-state index contributed by atoms with van der Waals surface area (Å²) in [6.45, 7) is 18.2. The van der Waals surface area contributed by atoms with Gasteiger partial charge in [-0.3, -0.25) is 0 Å². The van der Waals surface area contributed by atoms with Crippen molar-refractivity contribution in [3.63, 3.8) is 0 Å². The molecule has 0 fully saturated rings. The Morgan fingerprint density at radius 3 is 2.52 bits per heavy atom. The molecule has 0 saturated heterocycles. The Balaban J connectivity index is 2.82. The Hall–Kier alpha value is -1.35. The zero-order valence-corrected chi connectivity index (χ0v) is 14.4. The third-order valence-electron chi connectivity index (χ3n) is 3.07. The van der Waals surface area contributed by atoms with Crippen molar-refractivity contribution in [2.75, 3.05) is 6.61 Å². The maximum Gasteiger partial charge on any atom is 0.213 e. The van der Waals surface area contributed by atoms with Crippen LogP contribution in [0.1, 0.15) is 65.1 Å². The Bertz CT molecular complexity index is 473. The first-order valence-electron chi connectivity index (χ1n) is 7.70. The molecule has 0 unspecified atom stereocenters. The van der Waals surface area contributed by atoms with Gasteiger partial charge in [-0.25, -0.2) is 4.98 Å². The number of rotatable bonds is 7. The van der Waals surface area contributed by atoms with Crippen LogP contribution in [0, 0.1) is 0 Å². The molecular weight excluding hydrogens is 260 g/mol. The topological polar surface area (TPSA) is 34.1 Å². The van der Waals surface area contributed by atoms with E-state index in [1.54, 1.807) is 0 Å². The highest BCUT2D eigenvalue weighted by atomic mass is 16.5. The lowest BCUT2D eigenvalue weighted by molar-refractivity contribution is 0.307. The highest BCUT2D eigenvalue weighted by Gasteiger charge is 2.11. The number of nitrogens with one attached hydrogen (secondary N) is 1. The molecule has 1 N–H and O–H groups in total. The van der Waals surface area contributed by atoms with Gasteiger partial charge in [0, 0.05) is 30.3 Å². The van der Waals surface area contributed by atoms with E-state index in [2.05, 4.69) is 57.6 Å². The van der Waals surface area contributed by atoms with Crippen LogP contribution < -0.4 is 10.1 Å². The first kappa shape index (κ1) is 17.7. The van der Waals surface area contributed by atoms with Crippen LogP contribution in [0.25, 0.3) is 0 Å². The molecule has 0 aliphatic carbocycles. The zero-order valence-electron chi connectivity index (χ0n) is 14.4. The number of aromatic nitrogens is 1. The molecule has 1 aromatic rings. The van der Waals surface area contributed by atoms with Gasteiger partial charge in [-0.2, -0.15) is 0 Å². The minimum atomic E-state index is 0.0994. The van der Waals surface area contributed by atoms with Crippen molar-refractivity contribution in [2.45, 2.75) is 66.0 Å². The van der Waals surface area contributed by atoms with Crippen LogP contribution in [-0.2, 0) is 6.54 Å². The average molecular weight is 290 g/mol. The summed E-state index contributed by atoms with van der Waals surface area (Å²) < 4.78 is 5.78. The molecule has 0 spiro atoms. The summed E-state index contributed by atoms with van der Waals surface area (Å²) in [7, 11) is 0. The number of hydrogen-bond donors (Lipinski definition) is 1. The van der Waals surface area contributed by atoms with E-state index >= 15 is 0 Å². The molecule has 118 valence electrons. The fourth-order valence-corrected chi connectivity index (χ4v) is 1.75. The van der Waals surface area contributed by atoms with Crippen molar-refractivity contribution < 1.29 is 4.74 Å². The van der Waals surface area contributed by atoms with E-state index in [4.69, 9.17) is 4.74 Å². The largest absolute Gasteiger partial charge is 0.477 e. The lowest BCUT2D eigenvalue weighted by Gasteiger charge is -2.21. The van der Waals surface area contributed by atoms with Gasteiger partial charge in [0.05, 0.1) is 6.61 Å². The number of pyridine rings is 1. The molecule has 1 heterocycles. The van der Waals surface area contributed by atoms with Crippen molar-refractivity contribution in [1.29, 1.82) is 0 Å². The van der Waals surface area contributed by atoms with Crippen LogP contribution in [0.3, 0.4) is 0 Å². The predicted molar refractivity (Wildman–Crippen MR) is 89.8 cm³/mol. The van der Waals surface area contributed by atoms with E-state index in [-0.39, 0.29) is 5.54 Å². The van der Waals surface area contributed by atoms with E-state index in [0.29, 0.717) is 18.4 Å². The number of hydrogen-bond acceptors (Lipinski definition) is 3. The molecule has 1 aromatic heterocycles. The van der Waals surface area contributed by atoms with Crippen LogP contribution in [0.5, 0.6) is 5.88 Å². The maximum absolute atomic E-state index is 5.78. The third-order valence-corrected chi connectivity index (χ3v) is 3.07. The zero-order chi connectivity index (χ0) is 16.0. The summed E-state index contributed by atoms with van der Waals surface area (Å²) in [5.41, 5.74) is 3.52. The van der Waals surface area contributed by atoms with Gasteiger partial charge >= 0.3 is 0 Å². The average Bonchev–Trinajstić information content (AvgIpc) is 2.35. The Kier molecular flexibility index (Phi) is 6.41. The summed E-state index contributed by atoms with van der Waals surface area (Å²) in [6, 6.07) is 4.19. The lowest BCUT2D eigenvalue weighted by atomic mass is 10.1. The summed E-state index contributed by atoms with van der Waals surface area (Å²) in [6.07, 6.45) is 0.864. The van der Waals surface area contributed by atoms with Crippen molar-refractivity contribution in [1.82, 2.24) is 10.3 Å². The van der Waals surface area contributed by atoms with Gasteiger partial charge in [0.1, 0.15) is 0 Å². The minimum Gasteiger partial charge on any atom is -0.477 e. The lowest BCUT2D eigenvalue weighted by Crippen LogP contribution is -2.35. The van der Waals surface area contributed by atoms with Gasteiger partial charge in [0.25, 0.3) is 0 Å². The fraction of sp³-hybridized carbons (Fsp3) is 0.611. The Morgan fingerprint density at radius 2 is 2.00 bits per heavy atom. The number of ether oxygens (including phenoxy) is 1. The van der Waals surface area contributed by atoms with Gasteiger partial charge in [-0.15, -0.1) is 6.58 Å². The molecular formula is C18H30N2O. The molecule has 0 amide bonds. The molecule has 1 rings (SSSR count). The summed E-state index contributed by atoms with van der Waals surface area (Å²) in [5, 5.41) is 3.51. The first-order chi connectivity index (χ1) is 9.67. The summed E-state index contributed by atoms with van der Waals surface area (Å²) in [5.74, 6) is 1.11. The van der Waals surface area contributed by atoms with Crippen LogP contribution in [0.4, 0.5) is 0 Å². The molecule has 0 bridgehead atoms. The normalized spacial score (nSPS) is 11.8. The molecule has 0 atom stereocenters. The summed E-state index contributed by atoms with van der Waals surface area (Å²) >= 11 is 0. The predicted octanol–water partition coefficient (Wildman–Crippen LogP) is 4.44. The van der Waals surface area contributed by atoms with Crippen molar-refractivity contribution >= 4 is 0 Å². The van der Waals surface area contributed by atoms with Gasteiger partial charge in [-0.1, -0.05) is 19.4 Å². The Labute approximate surface area is 129 Å². The van der Waals surface area contributed by atoms with Crippen molar-refractivity contribution in [3.05, 3.63) is 35.5 Å². The van der Waals surface area contributed by atoms with E-state index in [1.807, 2.05) is 13.0 Å². The minimum absolute atomic E-state index is 0.0994. The van der Waals surface area contributed by atoms with E-state index < -0.39 is 0 Å². The second kappa shape index (κ2) is 7.60. The van der Waals surface area contributed by atoms with Crippen LogP contribution in [0.15, 0.2) is 24.3 Å². The monoisotopic (exact) mass is 290 g/mol. The summed E-state index contributed by atoms with van der Waals surface area (Å²) in [4.78, 5) is 4.59. The second-order valence-corrected chi connectivity index (χ2v) is 7.05.